The van der Waals surface area contributed by atoms with Gasteiger partial charge in [-0.2, -0.15) is 4.31 Å². The fourth-order valence-corrected chi connectivity index (χ4v) is 5.48. The molecule has 1 saturated heterocycles. The van der Waals surface area contributed by atoms with Crippen molar-refractivity contribution in [2.45, 2.75) is 30.6 Å². The van der Waals surface area contributed by atoms with Gasteiger partial charge < -0.3 is 5.32 Å². The van der Waals surface area contributed by atoms with Crippen LogP contribution in [0.25, 0.3) is 0 Å². The number of hydrogen-bond acceptors (Lipinski definition) is 4. The molecule has 166 valence electrons. The fraction of sp³-hybridized carbons (Fsp3) is 0.250. The maximum absolute atomic E-state index is 13.0. The van der Waals surface area contributed by atoms with Gasteiger partial charge in [-0.25, -0.2) is 8.42 Å². The molecule has 1 aliphatic heterocycles. The number of sulfonamides is 1. The van der Waals surface area contributed by atoms with Crippen molar-refractivity contribution >= 4 is 33.2 Å². The second kappa shape index (κ2) is 9.81. The van der Waals surface area contributed by atoms with Crippen LogP contribution in [0.3, 0.4) is 0 Å². The van der Waals surface area contributed by atoms with Gasteiger partial charge in [0.1, 0.15) is 0 Å². The van der Waals surface area contributed by atoms with Crippen molar-refractivity contribution in [1.82, 2.24) is 9.29 Å². The summed E-state index contributed by atoms with van der Waals surface area (Å²) in [6, 6.07) is 15.7. The lowest BCUT2D eigenvalue weighted by Crippen LogP contribution is -2.35. The maximum Gasteiger partial charge on any atom is 0.257 e. The van der Waals surface area contributed by atoms with Crippen LogP contribution in [-0.2, 0) is 16.4 Å². The number of nitrogens with zero attached hydrogens (tertiary/aromatic N) is 2. The van der Waals surface area contributed by atoms with Gasteiger partial charge in [-0.05, 0) is 72.9 Å². The Balaban J connectivity index is 1.49. The van der Waals surface area contributed by atoms with E-state index < -0.39 is 15.9 Å². The quantitative estimate of drug-likeness (QED) is 0.564. The number of aromatic nitrogens is 1. The van der Waals surface area contributed by atoms with Gasteiger partial charge in [0.25, 0.3) is 5.91 Å². The van der Waals surface area contributed by atoms with Crippen LogP contribution in [0.4, 0.5) is 5.69 Å². The lowest BCUT2D eigenvalue weighted by atomic mass is 10.1. The van der Waals surface area contributed by atoms with Gasteiger partial charge in [-0.3, -0.25) is 9.78 Å². The molecule has 4 rings (SSSR count). The summed E-state index contributed by atoms with van der Waals surface area (Å²) in [5.41, 5.74) is 2.98. The number of benzene rings is 2. The Bertz CT molecular complexity index is 1190. The number of carbonyl (C=O) groups is 1. The third kappa shape index (κ3) is 5.18. The SMILES string of the molecule is O=C(Nc1ccc(Cc2ccncc2)cc1)c1cc(S(=O)(=O)N2CCCCC2)ccc1Cl. The zero-order valence-electron chi connectivity index (χ0n) is 17.5. The minimum atomic E-state index is -3.65. The van der Waals surface area contributed by atoms with Crippen LogP contribution in [0.1, 0.15) is 40.7 Å². The summed E-state index contributed by atoms with van der Waals surface area (Å²) in [6.07, 6.45) is 7.00. The Kier molecular flexibility index (Phi) is 6.89. The summed E-state index contributed by atoms with van der Waals surface area (Å²) in [7, 11) is -3.65. The average molecular weight is 470 g/mol. The van der Waals surface area contributed by atoms with Crippen LogP contribution in [0, 0.1) is 0 Å². The number of anilines is 1. The molecule has 0 saturated carbocycles. The lowest BCUT2D eigenvalue weighted by molar-refractivity contribution is 0.102. The molecule has 8 heteroatoms. The van der Waals surface area contributed by atoms with Crippen LogP contribution >= 0.6 is 11.6 Å². The zero-order valence-corrected chi connectivity index (χ0v) is 19.1. The Labute approximate surface area is 193 Å². The maximum atomic E-state index is 13.0. The Morgan fingerprint density at radius 1 is 0.938 bits per heavy atom. The predicted octanol–water partition coefficient (Wildman–Crippen LogP) is 4.75. The highest BCUT2D eigenvalue weighted by Gasteiger charge is 2.27. The molecule has 0 unspecified atom stereocenters. The molecule has 0 atom stereocenters. The first-order chi connectivity index (χ1) is 15.4. The minimum Gasteiger partial charge on any atom is -0.322 e. The van der Waals surface area contributed by atoms with Gasteiger partial charge in [0.2, 0.25) is 10.0 Å². The number of rotatable bonds is 6. The molecule has 32 heavy (non-hydrogen) atoms. The number of piperidine rings is 1. The number of hydrogen-bond donors (Lipinski definition) is 1. The highest BCUT2D eigenvalue weighted by Crippen LogP contribution is 2.26. The summed E-state index contributed by atoms with van der Waals surface area (Å²) in [5.74, 6) is -0.451. The minimum absolute atomic E-state index is 0.0849. The third-order valence-corrected chi connectivity index (χ3v) is 7.73. The topological polar surface area (TPSA) is 79.4 Å². The second-order valence-electron chi connectivity index (χ2n) is 7.79. The molecule has 1 aromatic heterocycles. The number of halogens is 1. The molecule has 1 N–H and O–H groups in total. The van der Waals surface area contributed by atoms with Gasteiger partial charge in [-0.15, -0.1) is 0 Å². The zero-order chi connectivity index (χ0) is 22.6. The summed E-state index contributed by atoms with van der Waals surface area (Å²) in [4.78, 5) is 17.0. The van der Waals surface area contributed by atoms with Crippen LogP contribution in [0.5, 0.6) is 0 Å². The number of carbonyl (C=O) groups excluding carboxylic acids is 1. The molecule has 0 aliphatic carbocycles. The molecule has 6 nitrogen and oxygen atoms in total. The van der Waals surface area contributed by atoms with Gasteiger partial charge >= 0.3 is 0 Å². The van der Waals surface area contributed by atoms with E-state index in [1.54, 1.807) is 12.4 Å². The Hall–Kier alpha value is -2.74. The molecule has 0 radical (unpaired) electrons. The second-order valence-corrected chi connectivity index (χ2v) is 10.1. The van der Waals surface area contributed by atoms with Crippen molar-refractivity contribution in [3.63, 3.8) is 0 Å². The summed E-state index contributed by atoms with van der Waals surface area (Å²) < 4.78 is 27.4. The number of nitrogens with one attached hydrogen (secondary N) is 1. The molecule has 2 heterocycles. The first-order valence-electron chi connectivity index (χ1n) is 10.5. The first kappa shape index (κ1) is 22.5. The van der Waals surface area contributed by atoms with Crippen LogP contribution < -0.4 is 5.32 Å². The highest BCUT2D eigenvalue weighted by molar-refractivity contribution is 7.89. The lowest BCUT2D eigenvalue weighted by Gasteiger charge is -2.26. The van der Waals surface area contributed by atoms with Crippen molar-refractivity contribution in [1.29, 1.82) is 0 Å². The van der Waals surface area contributed by atoms with Gasteiger partial charge in [0.15, 0.2) is 0 Å². The van der Waals surface area contributed by atoms with E-state index in [9.17, 15) is 13.2 Å². The van der Waals surface area contributed by atoms with E-state index in [0.717, 1.165) is 36.8 Å². The number of pyridine rings is 1. The van der Waals surface area contributed by atoms with E-state index in [1.165, 1.54) is 22.5 Å². The van der Waals surface area contributed by atoms with E-state index in [2.05, 4.69) is 10.3 Å². The molecule has 0 bridgehead atoms. The molecule has 3 aromatic rings. The smallest absolute Gasteiger partial charge is 0.257 e. The molecular formula is C24H24ClN3O3S. The highest BCUT2D eigenvalue weighted by atomic mass is 35.5. The van der Waals surface area contributed by atoms with E-state index in [0.29, 0.717) is 18.8 Å². The normalized spacial score (nSPS) is 14.8. The van der Waals surface area contributed by atoms with Gasteiger partial charge in [0.05, 0.1) is 15.5 Å². The Morgan fingerprint density at radius 3 is 2.28 bits per heavy atom. The van der Waals surface area contributed by atoms with E-state index in [1.807, 2.05) is 36.4 Å². The average Bonchev–Trinajstić information content (AvgIpc) is 2.82. The van der Waals surface area contributed by atoms with Crippen molar-refractivity contribution in [3.05, 3.63) is 88.7 Å². The van der Waals surface area contributed by atoms with Gasteiger partial charge in [-0.1, -0.05) is 30.2 Å². The Morgan fingerprint density at radius 2 is 1.59 bits per heavy atom. The van der Waals surface area contributed by atoms with E-state index in [-0.39, 0.29) is 15.5 Å². The fourth-order valence-electron chi connectivity index (χ4n) is 3.73. The van der Waals surface area contributed by atoms with Crippen LogP contribution in [0.2, 0.25) is 5.02 Å². The van der Waals surface area contributed by atoms with Crippen LogP contribution in [-0.4, -0.2) is 36.7 Å². The van der Waals surface area contributed by atoms with E-state index in [4.69, 9.17) is 11.6 Å². The van der Waals surface area contributed by atoms with Crippen molar-refractivity contribution in [3.8, 4) is 0 Å². The molecule has 1 fully saturated rings. The predicted molar refractivity (Wildman–Crippen MR) is 126 cm³/mol. The molecule has 0 spiro atoms. The van der Waals surface area contributed by atoms with Crippen molar-refractivity contribution < 1.29 is 13.2 Å². The molecular weight excluding hydrogens is 446 g/mol. The van der Waals surface area contributed by atoms with E-state index >= 15 is 0 Å². The molecule has 1 amide bonds. The molecule has 1 aliphatic rings. The number of amides is 1. The largest absolute Gasteiger partial charge is 0.322 e. The van der Waals surface area contributed by atoms with Crippen molar-refractivity contribution in [2.75, 3.05) is 18.4 Å². The van der Waals surface area contributed by atoms with Crippen molar-refractivity contribution in [2.24, 2.45) is 0 Å². The summed E-state index contributed by atoms with van der Waals surface area (Å²) >= 11 is 6.23. The monoisotopic (exact) mass is 469 g/mol. The summed E-state index contributed by atoms with van der Waals surface area (Å²) in [6.45, 7) is 0.997. The summed E-state index contributed by atoms with van der Waals surface area (Å²) in [5, 5.41) is 3.01. The van der Waals surface area contributed by atoms with Crippen LogP contribution in [0.15, 0.2) is 71.9 Å². The standard InChI is InChI=1S/C24H24ClN3O3S/c25-23-9-8-21(32(30,31)28-14-2-1-3-15-28)17-22(23)24(29)27-20-6-4-18(5-7-20)16-19-10-12-26-13-11-19/h4-13,17H,1-3,14-16H2,(H,27,29). The van der Waals surface area contributed by atoms with Gasteiger partial charge in [0, 0.05) is 31.2 Å². The molecule has 2 aromatic carbocycles. The first-order valence-corrected chi connectivity index (χ1v) is 12.3. The third-order valence-electron chi connectivity index (χ3n) is 5.50.